The number of nitrogens with one attached hydrogen (secondary N) is 1. The number of anilines is 1. The summed E-state index contributed by atoms with van der Waals surface area (Å²) in [6, 6.07) is 3.99. The van der Waals surface area contributed by atoms with E-state index in [4.69, 9.17) is 4.98 Å². The molecule has 0 saturated carbocycles. The van der Waals surface area contributed by atoms with Crippen LogP contribution in [0, 0.1) is 5.92 Å². The summed E-state index contributed by atoms with van der Waals surface area (Å²) in [5.74, 6) is 2.26. The molecule has 2 rings (SSSR count). The van der Waals surface area contributed by atoms with Gasteiger partial charge in [-0.05, 0) is 46.8 Å². The van der Waals surface area contributed by atoms with E-state index in [1.165, 1.54) is 0 Å². The largest absolute Gasteiger partial charge is 0.369 e. The van der Waals surface area contributed by atoms with E-state index < -0.39 is 0 Å². The molecule has 4 nitrogen and oxygen atoms in total. The van der Waals surface area contributed by atoms with Gasteiger partial charge in [-0.1, -0.05) is 19.9 Å². The molecule has 2 aromatic rings. The van der Waals surface area contributed by atoms with Crippen molar-refractivity contribution < 1.29 is 0 Å². The topological polar surface area (TPSA) is 50.7 Å². The van der Waals surface area contributed by atoms with Gasteiger partial charge < -0.3 is 5.32 Å². The third-order valence-electron chi connectivity index (χ3n) is 3.00. The predicted octanol–water partition coefficient (Wildman–Crippen LogP) is 3.86. The van der Waals surface area contributed by atoms with E-state index in [9.17, 15) is 0 Å². The maximum absolute atomic E-state index is 4.72. The van der Waals surface area contributed by atoms with Crippen molar-refractivity contribution >= 4 is 21.7 Å². The molecule has 0 fully saturated rings. The molecule has 0 aliphatic heterocycles. The fourth-order valence-electron chi connectivity index (χ4n) is 2.12. The Hall–Kier alpha value is -1.49. The van der Waals surface area contributed by atoms with Crippen molar-refractivity contribution in [2.75, 3.05) is 11.9 Å². The minimum atomic E-state index is 0.553. The standard InChI is InChI=1S/C16H21BrN4/c1-4-19-16-15(17)13(8-11(2)3)20-14(21-16)9-12-6-5-7-18-10-12/h5-7,10-11H,4,8-9H2,1-3H3,(H,19,20,21). The second-order valence-corrected chi connectivity index (χ2v) is 6.21. The van der Waals surface area contributed by atoms with Crippen molar-refractivity contribution in [2.24, 2.45) is 5.92 Å². The van der Waals surface area contributed by atoms with Crippen LogP contribution >= 0.6 is 15.9 Å². The first-order valence-corrected chi connectivity index (χ1v) is 8.07. The molecule has 2 heterocycles. The lowest BCUT2D eigenvalue weighted by atomic mass is 10.1. The quantitative estimate of drug-likeness (QED) is 0.861. The first-order valence-electron chi connectivity index (χ1n) is 7.28. The maximum atomic E-state index is 4.72. The molecule has 0 aromatic carbocycles. The molecule has 0 amide bonds. The Morgan fingerprint density at radius 1 is 1.29 bits per heavy atom. The lowest BCUT2D eigenvalue weighted by Gasteiger charge is -2.13. The van der Waals surface area contributed by atoms with Crippen LogP contribution in [0.5, 0.6) is 0 Å². The molecule has 21 heavy (non-hydrogen) atoms. The molecule has 0 atom stereocenters. The number of aromatic nitrogens is 3. The molecule has 2 aromatic heterocycles. The van der Waals surface area contributed by atoms with E-state index in [-0.39, 0.29) is 0 Å². The van der Waals surface area contributed by atoms with Gasteiger partial charge in [0.25, 0.3) is 0 Å². The Kier molecular flexibility index (Phi) is 5.67. The van der Waals surface area contributed by atoms with Crippen LogP contribution in [0.4, 0.5) is 5.82 Å². The first kappa shape index (κ1) is 15.9. The summed E-state index contributed by atoms with van der Waals surface area (Å²) in [6.07, 6.45) is 5.27. The van der Waals surface area contributed by atoms with Crippen molar-refractivity contribution in [3.63, 3.8) is 0 Å². The Bertz CT molecular complexity index is 584. The van der Waals surface area contributed by atoms with Gasteiger partial charge >= 0.3 is 0 Å². The third-order valence-corrected chi connectivity index (χ3v) is 3.83. The Balaban J connectivity index is 2.33. The van der Waals surface area contributed by atoms with Gasteiger partial charge in [-0.15, -0.1) is 0 Å². The normalized spacial score (nSPS) is 10.9. The second-order valence-electron chi connectivity index (χ2n) is 5.42. The van der Waals surface area contributed by atoms with E-state index >= 15 is 0 Å². The van der Waals surface area contributed by atoms with Crippen LogP contribution in [0.25, 0.3) is 0 Å². The van der Waals surface area contributed by atoms with Crippen molar-refractivity contribution in [3.05, 3.63) is 46.1 Å². The Morgan fingerprint density at radius 2 is 2.10 bits per heavy atom. The molecule has 0 aliphatic carbocycles. The molecule has 0 radical (unpaired) electrons. The Labute approximate surface area is 134 Å². The van der Waals surface area contributed by atoms with Gasteiger partial charge in [0.15, 0.2) is 0 Å². The molecule has 0 saturated heterocycles. The minimum Gasteiger partial charge on any atom is -0.369 e. The number of halogens is 1. The van der Waals surface area contributed by atoms with Crippen LogP contribution in [-0.4, -0.2) is 21.5 Å². The zero-order valence-corrected chi connectivity index (χ0v) is 14.3. The number of nitrogens with zero attached hydrogens (tertiary/aromatic N) is 3. The summed E-state index contributed by atoms with van der Waals surface area (Å²) in [4.78, 5) is 13.5. The van der Waals surface area contributed by atoms with Crippen LogP contribution in [0.15, 0.2) is 29.0 Å². The zero-order valence-electron chi connectivity index (χ0n) is 12.7. The Morgan fingerprint density at radius 3 is 2.71 bits per heavy atom. The van der Waals surface area contributed by atoms with Gasteiger partial charge in [0.2, 0.25) is 0 Å². The van der Waals surface area contributed by atoms with Crippen LogP contribution in [0.3, 0.4) is 0 Å². The van der Waals surface area contributed by atoms with Crippen molar-refractivity contribution in [3.8, 4) is 0 Å². The highest BCUT2D eigenvalue weighted by Crippen LogP contribution is 2.26. The van der Waals surface area contributed by atoms with Gasteiger partial charge in [0, 0.05) is 25.4 Å². The van der Waals surface area contributed by atoms with Gasteiger partial charge in [-0.3, -0.25) is 4.98 Å². The summed E-state index contributed by atoms with van der Waals surface area (Å²) >= 11 is 3.63. The van der Waals surface area contributed by atoms with Crippen LogP contribution in [0.2, 0.25) is 0 Å². The average Bonchev–Trinajstić information content (AvgIpc) is 2.44. The number of pyridine rings is 1. The lowest BCUT2D eigenvalue weighted by molar-refractivity contribution is 0.629. The van der Waals surface area contributed by atoms with Gasteiger partial charge in [-0.25, -0.2) is 9.97 Å². The number of hydrogen-bond donors (Lipinski definition) is 1. The zero-order chi connectivity index (χ0) is 15.2. The molecular formula is C16H21BrN4. The molecule has 1 N–H and O–H groups in total. The predicted molar refractivity (Wildman–Crippen MR) is 89.5 cm³/mol. The fourth-order valence-corrected chi connectivity index (χ4v) is 2.59. The summed E-state index contributed by atoms with van der Waals surface area (Å²) < 4.78 is 0.980. The number of hydrogen-bond acceptors (Lipinski definition) is 4. The first-order chi connectivity index (χ1) is 10.1. The van der Waals surface area contributed by atoms with Gasteiger partial charge in [-0.2, -0.15) is 0 Å². The third kappa shape index (κ3) is 4.49. The molecule has 0 unspecified atom stereocenters. The highest BCUT2D eigenvalue weighted by molar-refractivity contribution is 9.10. The monoisotopic (exact) mass is 348 g/mol. The average molecular weight is 349 g/mol. The molecular weight excluding hydrogens is 328 g/mol. The molecule has 0 bridgehead atoms. The smallest absolute Gasteiger partial charge is 0.144 e. The van der Waals surface area contributed by atoms with Gasteiger partial charge in [0.1, 0.15) is 11.6 Å². The van der Waals surface area contributed by atoms with E-state index in [2.05, 4.69) is 52.0 Å². The molecule has 112 valence electrons. The number of rotatable bonds is 6. The second kappa shape index (κ2) is 7.50. The van der Waals surface area contributed by atoms with Crippen LogP contribution < -0.4 is 5.32 Å². The van der Waals surface area contributed by atoms with Crippen molar-refractivity contribution in [1.82, 2.24) is 15.0 Å². The van der Waals surface area contributed by atoms with Gasteiger partial charge in [0.05, 0.1) is 10.2 Å². The van der Waals surface area contributed by atoms with E-state index in [0.717, 1.165) is 40.3 Å². The summed E-state index contributed by atoms with van der Waals surface area (Å²) in [5, 5.41) is 3.30. The van der Waals surface area contributed by atoms with E-state index in [1.807, 2.05) is 18.3 Å². The van der Waals surface area contributed by atoms with E-state index in [1.54, 1.807) is 6.20 Å². The van der Waals surface area contributed by atoms with E-state index in [0.29, 0.717) is 12.3 Å². The molecule has 0 spiro atoms. The summed E-state index contributed by atoms with van der Waals surface area (Å²) in [6.45, 7) is 7.30. The fraction of sp³-hybridized carbons (Fsp3) is 0.438. The van der Waals surface area contributed by atoms with Crippen molar-refractivity contribution in [1.29, 1.82) is 0 Å². The highest BCUT2D eigenvalue weighted by atomic mass is 79.9. The molecule has 0 aliphatic rings. The molecule has 5 heteroatoms. The highest BCUT2D eigenvalue weighted by Gasteiger charge is 2.13. The maximum Gasteiger partial charge on any atom is 0.144 e. The van der Waals surface area contributed by atoms with Crippen LogP contribution in [-0.2, 0) is 12.8 Å². The SMILES string of the molecule is CCNc1nc(Cc2cccnc2)nc(CC(C)C)c1Br. The summed E-state index contributed by atoms with van der Waals surface area (Å²) in [7, 11) is 0. The minimum absolute atomic E-state index is 0.553. The van der Waals surface area contributed by atoms with Crippen molar-refractivity contribution in [2.45, 2.75) is 33.6 Å². The van der Waals surface area contributed by atoms with Crippen LogP contribution in [0.1, 0.15) is 37.9 Å². The lowest BCUT2D eigenvalue weighted by Crippen LogP contribution is -2.10. The summed E-state index contributed by atoms with van der Waals surface area (Å²) in [5.41, 5.74) is 2.19.